The van der Waals surface area contributed by atoms with Gasteiger partial charge in [0.2, 0.25) is 11.8 Å². The molecule has 1 aliphatic carbocycles. The number of rotatable bonds is 6. The van der Waals surface area contributed by atoms with Gasteiger partial charge >= 0.3 is 0 Å². The maximum atomic E-state index is 13.6. The Kier molecular flexibility index (Phi) is 6.33. The number of aliphatic hydroxyl groups excluding tert-OH is 1. The number of guanidine groups is 1. The minimum absolute atomic E-state index is 0.126. The second-order valence-electron chi connectivity index (χ2n) is 11.5. The van der Waals surface area contributed by atoms with E-state index < -0.39 is 35.2 Å². The number of aliphatic imine (C=N–C) groups is 1. The molecule has 1 fully saturated rings. The third kappa shape index (κ3) is 4.69. The topological polar surface area (TPSA) is 139 Å². The van der Waals surface area contributed by atoms with Gasteiger partial charge in [-0.15, -0.1) is 0 Å². The highest BCUT2D eigenvalue weighted by Crippen LogP contribution is 2.52. The molecule has 0 radical (unpaired) electrons. The smallest absolute Gasteiger partial charge is 0.232 e. The highest BCUT2D eigenvalue weighted by molar-refractivity contribution is 5.99. The number of benzene rings is 1. The fourth-order valence-electron chi connectivity index (χ4n) is 5.61. The largest absolute Gasteiger partial charge is 0.495 e. The second kappa shape index (κ2) is 9.27. The Balaban J connectivity index is 1.44. The maximum Gasteiger partial charge on any atom is 0.232 e. The highest BCUT2D eigenvalue weighted by atomic mass is 16.5. The van der Waals surface area contributed by atoms with Crippen molar-refractivity contribution in [3.8, 4) is 11.5 Å². The van der Waals surface area contributed by atoms with E-state index in [0.29, 0.717) is 23.5 Å². The Morgan fingerprint density at radius 1 is 1.26 bits per heavy atom. The van der Waals surface area contributed by atoms with Crippen LogP contribution < -0.4 is 20.5 Å². The molecule has 1 aromatic carbocycles. The van der Waals surface area contributed by atoms with Gasteiger partial charge in [0, 0.05) is 17.7 Å². The van der Waals surface area contributed by atoms with Gasteiger partial charge in [-0.1, -0.05) is 18.2 Å². The van der Waals surface area contributed by atoms with Crippen molar-refractivity contribution in [2.75, 3.05) is 7.11 Å². The van der Waals surface area contributed by atoms with Gasteiger partial charge in [-0.25, -0.2) is 4.99 Å². The van der Waals surface area contributed by atoms with E-state index in [1.54, 1.807) is 33.4 Å². The van der Waals surface area contributed by atoms with Gasteiger partial charge in [0.15, 0.2) is 5.96 Å². The minimum atomic E-state index is -0.953. The van der Waals surface area contributed by atoms with E-state index >= 15 is 0 Å². The van der Waals surface area contributed by atoms with Crippen molar-refractivity contribution in [2.24, 2.45) is 22.6 Å². The van der Waals surface area contributed by atoms with Crippen LogP contribution in [0.5, 0.6) is 11.5 Å². The van der Waals surface area contributed by atoms with Gasteiger partial charge < -0.3 is 25.6 Å². The van der Waals surface area contributed by atoms with E-state index in [1.807, 2.05) is 44.2 Å². The van der Waals surface area contributed by atoms with Crippen molar-refractivity contribution in [1.29, 1.82) is 0 Å². The average Bonchev–Trinajstić information content (AvgIpc) is 3.64. The number of para-hydroxylation sites is 1. The number of nitrogens with one attached hydrogen (secondary N) is 1. The Morgan fingerprint density at radius 3 is 2.71 bits per heavy atom. The zero-order chi connectivity index (χ0) is 27.4. The molecule has 2 amide bonds. The van der Waals surface area contributed by atoms with Crippen molar-refractivity contribution in [3.05, 3.63) is 53.9 Å². The fraction of sp³-hybridized carbons (Fsp3) is 0.500. The van der Waals surface area contributed by atoms with Crippen molar-refractivity contribution in [3.63, 3.8) is 0 Å². The molecule has 1 unspecified atom stereocenters. The third-order valence-electron chi connectivity index (χ3n) is 7.64. The number of fused-ring (bicyclic) bond motifs is 1. The summed E-state index contributed by atoms with van der Waals surface area (Å²) in [5, 5.41) is 14.1. The summed E-state index contributed by atoms with van der Waals surface area (Å²) in [6.07, 6.45) is 3.04. The maximum absolute atomic E-state index is 13.6. The number of hydrogen-bond acceptors (Lipinski definition) is 8. The molecule has 3 aliphatic rings. The number of ether oxygens (including phenoxy) is 2. The van der Waals surface area contributed by atoms with Gasteiger partial charge in [0.25, 0.3) is 0 Å². The molecule has 5 rings (SSSR count). The normalized spacial score (nSPS) is 27.9. The van der Waals surface area contributed by atoms with E-state index in [-0.39, 0.29) is 30.1 Å². The number of nitrogens with two attached hydrogens (primary N) is 1. The van der Waals surface area contributed by atoms with Crippen molar-refractivity contribution < 1.29 is 24.2 Å². The molecule has 2 aliphatic heterocycles. The number of hydrogen-bond donors (Lipinski definition) is 3. The SMILES string of the molecule is COc1cncc(C([C@@H]2C[C@H]2C(=O)N[C@@H]2c3ccccc3OC(C)(C)[C@H]2O)N2C(=O)CC(C)(C)N=C2N)c1. The highest BCUT2D eigenvalue weighted by Gasteiger charge is 2.54. The van der Waals surface area contributed by atoms with Crippen LogP contribution >= 0.6 is 0 Å². The van der Waals surface area contributed by atoms with Crippen LogP contribution in [-0.2, 0) is 9.59 Å². The third-order valence-corrected chi connectivity index (χ3v) is 7.64. The molecule has 3 heterocycles. The van der Waals surface area contributed by atoms with Crippen LogP contribution in [0.15, 0.2) is 47.7 Å². The Bertz CT molecular complexity index is 1290. The standard InChI is InChI=1S/C28H35N5O5/c1-27(2)12-21(34)33(26(29)32-27)23(15-10-16(37-5)14-30-13-15)18-11-19(18)25(36)31-22-17-8-6-7-9-20(17)38-28(3,4)24(22)35/h6-10,13-14,18-19,22-24,35H,11-12H2,1-5H3,(H2,29,32)(H,31,36)/t18-,19-,22-,23?,24+/m1/s1. The average molecular weight is 522 g/mol. The second-order valence-corrected chi connectivity index (χ2v) is 11.5. The summed E-state index contributed by atoms with van der Waals surface area (Å²) >= 11 is 0. The number of pyridine rings is 1. The lowest BCUT2D eigenvalue weighted by atomic mass is 9.86. The summed E-state index contributed by atoms with van der Waals surface area (Å²) in [5.74, 6) is 0.324. The van der Waals surface area contributed by atoms with E-state index in [0.717, 1.165) is 5.56 Å². The molecular weight excluding hydrogens is 486 g/mol. The molecule has 10 heteroatoms. The Hall–Kier alpha value is -3.66. The monoisotopic (exact) mass is 521 g/mol. The lowest BCUT2D eigenvalue weighted by Crippen LogP contribution is -2.54. The molecule has 1 aromatic heterocycles. The number of carbonyl (C=O) groups excluding carboxylic acids is 2. The number of aliphatic hydroxyl groups is 1. The summed E-state index contributed by atoms with van der Waals surface area (Å²) in [5.41, 5.74) is 6.30. The minimum Gasteiger partial charge on any atom is -0.495 e. The first-order valence-electron chi connectivity index (χ1n) is 12.8. The zero-order valence-electron chi connectivity index (χ0n) is 22.3. The lowest BCUT2D eigenvalue weighted by molar-refractivity contribution is -0.132. The van der Waals surface area contributed by atoms with Crippen LogP contribution in [0.25, 0.3) is 0 Å². The summed E-state index contributed by atoms with van der Waals surface area (Å²) in [7, 11) is 1.55. The molecule has 202 valence electrons. The van der Waals surface area contributed by atoms with E-state index in [1.165, 1.54) is 4.90 Å². The first-order valence-corrected chi connectivity index (χ1v) is 12.8. The predicted molar refractivity (Wildman–Crippen MR) is 140 cm³/mol. The van der Waals surface area contributed by atoms with Crippen LogP contribution in [0.2, 0.25) is 0 Å². The molecular formula is C28H35N5O5. The first-order chi connectivity index (χ1) is 17.9. The van der Waals surface area contributed by atoms with Crippen LogP contribution in [0.1, 0.15) is 63.7 Å². The van der Waals surface area contributed by atoms with Crippen LogP contribution in [0.4, 0.5) is 0 Å². The Morgan fingerprint density at radius 2 is 2.00 bits per heavy atom. The first kappa shape index (κ1) is 26.0. The lowest BCUT2D eigenvalue weighted by Gasteiger charge is -2.42. The number of aromatic nitrogens is 1. The summed E-state index contributed by atoms with van der Waals surface area (Å²) < 4.78 is 11.4. The molecule has 0 saturated heterocycles. The molecule has 5 atom stereocenters. The van der Waals surface area contributed by atoms with Gasteiger partial charge in [-0.2, -0.15) is 0 Å². The molecule has 0 bridgehead atoms. The van der Waals surface area contributed by atoms with Crippen LogP contribution in [0, 0.1) is 11.8 Å². The van der Waals surface area contributed by atoms with E-state index in [9.17, 15) is 14.7 Å². The van der Waals surface area contributed by atoms with Gasteiger partial charge in [0.05, 0.1) is 37.4 Å². The van der Waals surface area contributed by atoms with Crippen LogP contribution in [0.3, 0.4) is 0 Å². The van der Waals surface area contributed by atoms with Gasteiger partial charge in [-0.3, -0.25) is 19.5 Å². The summed E-state index contributed by atoms with van der Waals surface area (Å²) in [6.45, 7) is 7.32. The van der Waals surface area contributed by atoms with E-state index in [2.05, 4.69) is 15.3 Å². The van der Waals surface area contributed by atoms with E-state index in [4.69, 9.17) is 15.2 Å². The summed E-state index contributed by atoms with van der Waals surface area (Å²) in [4.78, 5) is 37.3. The molecule has 4 N–H and O–H groups in total. The molecule has 2 aromatic rings. The van der Waals surface area contributed by atoms with Crippen molar-refractivity contribution >= 4 is 17.8 Å². The Labute approximate surface area is 222 Å². The van der Waals surface area contributed by atoms with Crippen molar-refractivity contribution in [2.45, 2.75) is 69.9 Å². The van der Waals surface area contributed by atoms with Crippen LogP contribution in [-0.4, -0.2) is 57.1 Å². The number of carbonyl (C=O) groups is 2. The van der Waals surface area contributed by atoms with Gasteiger partial charge in [0.1, 0.15) is 23.2 Å². The fourth-order valence-corrected chi connectivity index (χ4v) is 5.61. The summed E-state index contributed by atoms with van der Waals surface area (Å²) in [6, 6.07) is 8.03. The molecule has 1 saturated carbocycles. The predicted octanol–water partition coefficient (Wildman–Crippen LogP) is 2.48. The zero-order valence-corrected chi connectivity index (χ0v) is 22.3. The molecule has 38 heavy (non-hydrogen) atoms. The molecule has 0 spiro atoms. The molecule has 10 nitrogen and oxygen atoms in total. The number of amides is 2. The van der Waals surface area contributed by atoms with Gasteiger partial charge in [-0.05, 0) is 57.7 Å². The number of methoxy groups -OCH3 is 1. The number of nitrogens with zero attached hydrogens (tertiary/aromatic N) is 3. The van der Waals surface area contributed by atoms with Crippen molar-refractivity contribution in [1.82, 2.24) is 15.2 Å². The quantitative estimate of drug-likeness (QED) is 0.531.